The fourth-order valence-corrected chi connectivity index (χ4v) is 5.06. The van der Waals surface area contributed by atoms with E-state index < -0.39 is 0 Å². The molecule has 2 nitrogen and oxygen atoms in total. The lowest BCUT2D eigenvalue weighted by atomic mass is 9.91. The van der Waals surface area contributed by atoms with E-state index in [1.165, 1.54) is 33.0 Å². The van der Waals surface area contributed by atoms with Gasteiger partial charge in [-0.3, -0.25) is 9.97 Å². The summed E-state index contributed by atoms with van der Waals surface area (Å²) in [6.07, 6.45) is 3.94. The second kappa shape index (κ2) is 8.44. The predicted octanol–water partition coefficient (Wildman–Crippen LogP) is 8.94. The van der Waals surface area contributed by atoms with Crippen LogP contribution >= 0.6 is 0 Å². The van der Waals surface area contributed by atoms with Crippen molar-refractivity contribution in [3.05, 3.63) is 134 Å². The number of nitrogens with zero attached hydrogens (tertiary/aromatic N) is 2. The van der Waals surface area contributed by atoms with E-state index in [0.29, 0.717) is 0 Å². The van der Waals surface area contributed by atoms with Gasteiger partial charge in [0.25, 0.3) is 0 Å². The lowest BCUT2D eigenvalue weighted by molar-refractivity contribution is 1.37. The summed E-state index contributed by atoms with van der Waals surface area (Å²) in [6, 6.07) is 42.8. The van der Waals surface area contributed by atoms with Gasteiger partial charge in [-0.2, -0.15) is 0 Å². The van der Waals surface area contributed by atoms with Crippen molar-refractivity contribution in [3.8, 4) is 33.4 Å². The van der Waals surface area contributed by atoms with Gasteiger partial charge in [-0.25, -0.2) is 0 Å². The van der Waals surface area contributed by atoms with E-state index in [1.54, 1.807) is 0 Å². The number of hydrogen-bond acceptors (Lipinski definition) is 2. The lowest BCUT2D eigenvalue weighted by Crippen LogP contribution is -1.91. The molecule has 36 heavy (non-hydrogen) atoms. The van der Waals surface area contributed by atoms with E-state index in [4.69, 9.17) is 9.97 Å². The Bertz CT molecular complexity index is 1870. The molecule has 0 saturated carbocycles. The molecule has 2 heteroatoms. The molecule has 0 atom stereocenters. The Morgan fingerprint density at radius 2 is 0.806 bits per heavy atom. The first-order valence-corrected chi connectivity index (χ1v) is 12.2. The molecule has 0 amide bonds. The standard InChI is InChI=1S/C34H22N2/c1-3-9-23(10-4-1)29-17-27-15-16-28-18-30(22-36-34(28)33(27)35-21-29)32-20-26-14-8-7-13-25(26)19-31(32)24-11-5-2-6-12-24/h1-22H. The van der Waals surface area contributed by atoms with Crippen molar-refractivity contribution in [3.63, 3.8) is 0 Å². The van der Waals surface area contributed by atoms with Gasteiger partial charge >= 0.3 is 0 Å². The largest absolute Gasteiger partial charge is 0.253 e. The molecule has 0 radical (unpaired) electrons. The van der Waals surface area contributed by atoms with E-state index in [-0.39, 0.29) is 0 Å². The van der Waals surface area contributed by atoms with Gasteiger partial charge < -0.3 is 0 Å². The van der Waals surface area contributed by atoms with Gasteiger partial charge in [0.05, 0.1) is 11.0 Å². The Morgan fingerprint density at radius 3 is 1.42 bits per heavy atom. The average Bonchev–Trinajstić information content (AvgIpc) is 2.96. The molecule has 0 aliphatic carbocycles. The number of hydrogen-bond donors (Lipinski definition) is 0. The normalized spacial score (nSPS) is 11.3. The van der Waals surface area contributed by atoms with Crippen molar-refractivity contribution >= 4 is 32.6 Å². The summed E-state index contributed by atoms with van der Waals surface area (Å²) in [7, 11) is 0. The fourth-order valence-electron chi connectivity index (χ4n) is 5.06. The van der Waals surface area contributed by atoms with Crippen LogP contribution in [0.4, 0.5) is 0 Å². The molecule has 0 saturated heterocycles. The summed E-state index contributed by atoms with van der Waals surface area (Å²) in [6.45, 7) is 0. The van der Waals surface area contributed by atoms with Gasteiger partial charge in [-0.15, -0.1) is 0 Å². The van der Waals surface area contributed by atoms with E-state index in [1.807, 2.05) is 18.5 Å². The maximum atomic E-state index is 4.94. The molecular weight excluding hydrogens is 436 g/mol. The number of pyridine rings is 2. The van der Waals surface area contributed by atoms with Crippen LogP contribution in [0.25, 0.3) is 66.0 Å². The Balaban J connectivity index is 1.40. The molecule has 0 spiro atoms. The van der Waals surface area contributed by atoms with Crippen molar-refractivity contribution < 1.29 is 0 Å². The Labute approximate surface area is 209 Å². The molecule has 168 valence electrons. The SMILES string of the molecule is c1ccc(-c2cnc3c(ccc4cc(-c5cc6ccccc6cc5-c5ccccc5)cnc43)c2)cc1. The third kappa shape index (κ3) is 3.52. The maximum Gasteiger partial charge on any atom is 0.0965 e. The van der Waals surface area contributed by atoms with E-state index in [9.17, 15) is 0 Å². The zero-order chi connectivity index (χ0) is 23.9. The second-order valence-electron chi connectivity index (χ2n) is 9.13. The van der Waals surface area contributed by atoms with Crippen LogP contribution in [0.5, 0.6) is 0 Å². The topological polar surface area (TPSA) is 25.8 Å². The molecular formula is C34H22N2. The summed E-state index contributed by atoms with van der Waals surface area (Å²) in [4.78, 5) is 9.77. The summed E-state index contributed by atoms with van der Waals surface area (Å²) in [5.41, 5.74) is 8.84. The maximum absolute atomic E-state index is 4.94. The first kappa shape index (κ1) is 20.5. The van der Waals surface area contributed by atoms with Crippen molar-refractivity contribution in [2.45, 2.75) is 0 Å². The van der Waals surface area contributed by atoms with Crippen LogP contribution in [-0.2, 0) is 0 Å². The van der Waals surface area contributed by atoms with Crippen LogP contribution in [0.3, 0.4) is 0 Å². The second-order valence-corrected chi connectivity index (χ2v) is 9.13. The summed E-state index contributed by atoms with van der Waals surface area (Å²) in [5, 5.41) is 4.64. The zero-order valence-electron chi connectivity index (χ0n) is 19.6. The quantitative estimate of drug-likeness (QED) is 0.247. The highest BCUT2D eigenvalue weighted by atomic mass is 14.7. The molecule has 0 fully saturated rings. The highest BCUT2D eigenvalue weighted by Gasteiger charge is 2.12. The van der Waals surface area contributed by atoms with Crippen LogP contribution in [-0.4, -0.2) is 9.97 Å². The lowest BCUT2D eigenvalue weighted by Gasteiger charge is -2.13. The summed E-state index contributed by atoms with van der Waals surface area (Å²) in [5.74, 6) is 0. The number of aromatic nitrogens is 2. The minimum Gasteiger partial charge on any atom is -0.253 e. The van der Waals surface area contributed by atoms with Crippen LogP contribution in [0.15, 0.2) is 134 Å². The molecule has 7 rings (SSSR count). The molecule has 7 aromatic rings. The third-order valence-electron chi connectivity index (χ3n) is 6.89. The smallest absolute Gasteiger partial charge is 0.0965 e. The van der Waals surface area contributed by atoms with Gasteiger partial charge in [0.2, 0.25) is 0 Å². The van der Waals surface area contributed by atoms with Gasteiger partial charge in [0, 0.05) is 34.3 Å². The monoisotopic (exact) mass is 458 g/mol. The number of benzene rings is 5. The average molecular weight is 459 g/mol. The third-order valence-corrected chi connectivity index (χ3v) is 6.89. The Hall–Kier alpha value is -4.82. The first-order valence-electron chi connectivity index (χ1n) is 12.2. The molecule has 0 aliphatic rings. The molecule has 0 unspecified atom stereocenters. The minimum absolute atomic E-state index is 0.929. The first-order chi connectivity index (χ1) is 17.8. The van der Waals surface area contributed by atoms with Crippen LogP contribution in [0.1, 0.15) is 0 Å². The summed E-state index contributed by atoms with van der Waals surface area (Å²) < 4.78 is 0. The Kier molecular flexibility index (Phi) is 4.82. The van der Waals surface area contributed by atoms with Crippen LogP contribution in [0, 0.1) is 0 Å². The van der Waals surface area contributed by atoms with Gasteiger partial charge in [0.1, 0.15) is 0 Å². The Morgan fingerprint density at radius 1 is 0.333 bits per heavy atom. The fraction of sp³-hybridized carbons (Fsp3) is 0. The van der Waals surface area contributed by atoms with Crippen molar-refractivity contribution in [2.24, 2.45) is 0 Å². The summed E-state index contributed by atoms with van der Waals surface area (Å²) >= 11 is 0. The molecule has 0 bridgehead atoms. The van der Waals surface area contributed by atoms with Gasteiger partial charge in [-0.05, 0) is 57.3 Å². The van der Waals surface area contributed by atoms with Crippen molar-refractivity contribution in [1.29, 1.82) is 0 Å². The molecule has 2 heterocycles. The van der Waals surface area contributed by atoms with Gasteiger partial charge in [-0.1, -0.05) is 97.1 Å². The van der Waals surface area contributed by atoms with Crippen molar-refractivity contribution in [2.75, 3.05) is 0 Å². The van der Waals surface area contributed by atoms with E-state index >= 15 is 0 Å². The van der Waals surface area contributed by atoms with E-state index in [0.717, 1.165) is 32.9 Å². The molecule has 0 aliphatic heterocycles. The van der Waals surface area contributed by atoms with Crippen LogP contribution < -0.4 is 0 Å². The predicted molar refractivity (Wildman–Crippen MR) is 151 cm³/mol. The number of fused-ring (bicyclic) bond motifs is 4. The highest BCUT2D eigenvalue weighted by molar-refractivity contribution is 6.05. The molecule has 5 aromatic carbocycles. The molecule has 0 N–H and O–H groups in total. The van der Waals surface area contributed by atoms with Gasteiger partial charge in [0.15, 0.2) is 0 Å². The zero-order valence-corrected chi connectivity index (χ0v) is 19.6. The van der Waals surface area contributed by atoms with E-state index in [2.05, 4.69) is 115 Å². The number of rotatable bonds is 3. The van der Waals surface area contributed by atoms with Crippen LogP contribution in [0.2, 0.25) is 0 Å². The highest BCUT2D eigenvalue weighted by Crippen LogP contribution is 2.37. The minimum atomic E-state index is 0.929. The van der Waals surface area contributed by atoms with Crippen molar-refractivity contribution in [1.82, 2.24) is 9.97 Å². The molecule has 2 aromatic heterocycles.